The van der Waals surface area contributed by atoms with Crippen LogP contribution in [0.4, 0.5) is 5.69 Å². The number of methoxy groups -OCH3 is 1. The molecule has 0 radical (unpaired) electrons. The van der Waals surface area contributed by atoms with E-state index in [1.807, 2.05) is 28.8 Å². The molecule has 3 aromatic rings. The number of benzene rings is 2. The second-order valence-electron chi connectivity index (χ2n) is 6.03. The second kappa shape index (κ2) is 6.53. The van der Waals surface area contributed by atoms with Gasteiger partial charge in [0.1, 0.15) is 11.9 Å². The number of nitrogens with zero attached hydrogens (tertiary/aromatic N) is 2. The molecule has 1 aromatic heterocycles. The van der Waals surface area contributed by atoms with Gasteiger partial charge in [-0.15, -0.1) is 0 Å². The van der Waals surface area contributed by atoms with E-state index in [9.17, 15) is 9.90 Å². The van der Waals surface area contributed by atoms with Crippen molar-refractivity contribution in [2.75, 3.05) is 12.4 Å². The van der Waals surface area contributed by atoms with Crippen LogP contribution in [0.25, 0.3) is 5.69 Å². The summed E-state index contributed by atoms with van der Waals surface area (Å²) >= 11 is 0. The van der Waals surface area contributed by atoms with Crippen LogP contribution in [0, 0.1) is 0 Å². The van der Waals surface area contributed by atoms with Gasteiger partial charge in [-0.1, -0.05) is 12.1 Å². The Kier molecular flexibility index (Phi) is 4.06. The molecular formula is C19H18N4O3. The van der Waals surface area contributed by atoms with E-state index >= 15 is 0 Å². The van der Waals surface area contributed by atoms with Gasteiger partial charge in [0, 0.05) is 6.54 Å². The lowest BCUT2D eigenvalue weighted by atomic mass is 10.1. The van der Waals surface area contributed by atoms with Crippen LogP contribution in [0.3, 0.4) is 0 Å². The number of imidazole rings is 1. The molecule has 0 aliphatic carbocycles. The highest BCUT2D eigenvalue weighted by Gasteiger charge is 2.24. The van der Waals surface area contributed by atoms with Crippen LogP contribution in [0.2, 0.25) is 0 Å². The number of ether oxygens (including phenoxy) is 1. The van der Waals surface area contributed by atoms with Gasteiger partial charge in [0.2, 0.25) is 0 Å². The zero-order chi connectivity index (χ0) is 18.1. The largest absolute Gasteiger partial charge is 0.497 e. The topological polar surface area (TPSA) is 88.4 Å². The van der Waals surface area contributed by atoms with Gasteiger partial charge in [-0.3, -0.25) is 9.88 Å². The maximum absolute atomic E-state index is 11.3. The molecule has 4 rings (SSSR count). The minimum atomic E-state index is -0.950. The summed E-state index contributed by atoms with van der Waals surface area (Å²) in [6.07, 6.45) is 3.35. The lowest BCUT2D eigenvalue weighted by molar-refractivity contribution is 0.0697. The maximum Gasteiger partial charge on any atom is 0.335 e. The van der Waals surface area contributed by atoms with E-state index in [-0.39, 0.29) is 11.7 Å². The van der Waals surface area contributed by atoms with Crippen LogP contribution in [0.15, 0.2) is 55.0 Å². The quantitative estimate of drug-likeness (QED) is 0.656. The number of rotatable bonds is 5. The Morgan fingerprint density at radius 1 is 1.31 bits per heavy atom. The molecule has 132 valence electrons. The highest BCUT2D eigenvalue weighted by Crippen LogP contribution is 2.32. The fourth-order valence-corrected chi connectivity index (χ4v) is 3.06. The van der Waals surface area contributed by atoms with Gasteiger partial charge in [0.25, 0.3) is 0 Å². The monoisotopic (exact) mass is 350 g/mol. The highest BCUT2D eigenvalue weighted by atomic mass is 16.5. The van der Waals surface area contributed by atoms with E-state index in [0.717, 1.165) is 28.4 Å². The number of carboxylic acids is 1. The van der Waals surface area contributed by atoms with E-state index in [0.29, 0.717) is 6.54 Å². The third kappa shape index (κ3) is 2.89. The van der Waals surface area contributed by atoms with Crippen molar-refractivity contribution in [1.82, 2.24) is 14.9 Å². The second-order valence-corrected chi connectivity index (χ2v) is 6.03. The third-order valence-electron chi connectivity index (χ3n) is 4.44. The molecule has 1 unspecified atom stereocenters. The summed E-state index contributed by atoms with van der Waals surface area (Å²) in [5.41, 5.74) is 3.96. The fourth-order valence-electron chi connectivity index (χ4n) is 3.06. The number of fused-ring (bicyclic) bond motifs is 3. The minimum Gasteiger partial charge on any atom is -0.497 e. The molecule has 7 nitrogen and oxygen atoms in total. The molecule has 0 amide bonds. The van der Waals surface area contributed by atoms with Gasteiger partial charge >= 0.3 is 5.97 Å². The van der Waals surface area contributed by atoms with Crippen LogP contribution in [-0.2, 0) is 6.54 Å². The summed E-state index contributed by atoms with van der Waals surface area (Å²) in [4.78, 5) is 15.5. The zero-order valence-electron chi connectivity index (χ0n) is 14.1. The molecule has 3 N–H and O–H groups in total. The number of hydrogen-bond acceptors (Lipinski definition) is 5. The summed E-state index contributed by atoms with van der Waals surface area (Å²) in [6.45, 7) is 0.640. The van der Waals surface area contributed by atoms with Crippen molar-refractivity contribution >= 4 is 11.7 Å². The van der Waals surface area contributed by atoms with Crippen molar-refractivity contribution in [2.45, 2.75) is 12.7 Å². The predicted molar refractivity (Wildman–Crippen MR) is 96.7 cm³/mol. The van der Waals surface area contributed by atoms with Crippen LogP contribution in [-0.4, -0.2) is 27.7 Å². The van der Waals surface area contributed by atoms with E-state index in [2.05, 4.69) is 15.6 Å². The first kappa shape index (κ1) is 16.2. The molecule has 0 spiro atoms. The van der Waals surface area contributed by atoms with Gasteiger partial charge in [-0.2, -0.15) is 0 Å². The summed E-state index contributed by atoms with van der Waals surface area (Å²) in [7, 11) is 1.64. The smallest absolute Gasteiger partial charge is 0.335 e. The number of aromatic carboxylic acids is 1. The summed E-state index contributed by atoms with van der Waals surface area (Å²) in [5, 5.41) is 16.0. The van der Waals surface area contributed by atoms with Gasteiger partial charge in [-0.25, -0.2) is 9.78 Å². The first-order valence-corrected chi connectivity index (χ1v) is 8.18. The van der Waals surface area contributed by atoms with Crippen molar-refractivity contribution in [3.05, 3.63) is 71.8 Å². The van der Waals surface area contributed by atoms with Crippen LogP contribution in [0.5, 0.6) is 5.75 Å². The first-order chi connectivity index (χ1) is 12.7. The number of hydrogen-bond donors (Lipinski definition) is 3. The van der Waals surface area contributed by atoms with Crippen LogP contribution < -0.4 is 15.4 Å². The Labute approximate surface area is 150 Å². The molecule has 26 heavy (non-hydrogen) atoms. The number of aromatic nitrogens is 2. The van der Waals surface area contributed by atoms with E-state index in [1.54, 1.807) is 37.8 Å². The minimum absolute atomic E-state index is 0.184. The molecule has 1 aliphatic rings. The van der Waals surface area contributed by atoms with Crippen molar-refractivity contribution in [1.29, 1.82) is 0 Å². The molecule has 0 bridgehead atoms. The lowest BCUT2D eigenvalue weighted by Crippen LogP contribution is -2.32. The van der Waals surface area contributed by atoms with Crippen molar-refractivity contribution in [3.8, 4) is 11.4 Å². The Balaban J connectivity index is 1.58. The average molecular weight is 350 g/mol. The van der Waals surface area contributed by atoms with Gasteiger partial charge in [-0.05, 0) is 35.9 Å². The Morgan fingerprint density at radius 2 is 2.12 bits per heavy atom. The molecule has 0 saturated carbocycles. The Morgan fingerprint density at radius 3 is 2.85 bits per heavy atom. The fraction of sp³-hybridized carbons (Fsp3) is 0.158. The first-order valence-electron chi connectivity index (χ1n) is 8.18. The summed E-state index contributed by atoms with van der Waals surface area (Å²) < 4.78 is 7.14. The maximum atomic E-state index is 11.3. The molecular weight excluding hydrogens is 332 g/mol. The predicted octanol–water partition coefficient (Wildman–Crippen LogP) is 2.79. The van der Waals surface area contributed by atoms with Gasteiger partial charge in [0.15, 0.2) is 0 Å². The number of anilines is 1. The molecule has 7 heteroatoms. The molecule has 1 atom stereocenters. The van der Waals surface area contributed by atoms with E-state index in [4.69, 9.17) is 4.74 Å². The standard InChI is InChI=1S/C19H18N4O3/c1-26-14-5-2-12(3-6-14)9-21-18-17-10-20-11-23(17)16-7-4-13(19(24)25)8-15(16)22-18/h2-8,10-11,18,21-22H,9H2,1H3,(H,24,25). The van der Waals surface area contributed by atoms with E-state index in [1.165, 1.54) is 0 Å². The Hall–Kier alpha value is -3.32. The number of nitrogens with one attached hydrogen (secondary N) is 2. The van der Waals surface area contributed by atoms with Crippen molar-refractivity contribution in [3.63, 3.8) is 0 Å². The molecule has 1 aliphatic heterocycles. The number of carboxylic acid groups (broad SMARTS) is 1. The van der Waals surface area contributed by atoms with Crippen LogP contribution >= 0.6 is 0 Å². The lowest BCUT2D eigenvalue weighted by Gasteiger charge is -2.29. The summed E-state index contributed by atoms with van der Waals surface area (Å²) in [6, 6.07) is 12.9. The third-order valence-corrected chi connectivity index (χ3v) is 4.44. The van der Waals surface area contributed by atoms with Gasteiger partial charge < -0.3 is 15.2 Å². The molecule has 2 heterocycles. The summed E-state index contributed by atoms with van der Waals surface area (Å²) in [5.74, 6) is -0.133. The highest BCUT2D eigenvalue weighted by molar-refractivity contribution is 5.90. The SMILES string of the molecule is COc1ccc(CNC2Nc3cc(C(=O)O)ccc3-n3cncc32)cc1. The van der Waals surface area contributed by atoms with Gasteiger partial charge in [0.05, 0.1) is 42.3 Å². The molecule has 2 aromatic carbocycles. The van der Waals surface area contributed by atoms with E-state index < -0.39 is 5.97 Å². The zero-order valence-corrected chi connectivity index (χ0v) is 14.1. The van der Waals surface area contributed by atoms with Crippen molar-refractivity contribution in [2.24, 2.45) is 0 Å². The normalized spacial score (nSPS) is 14.9. The Bertz CT molecular complexity index is 950. The molecule has 0 fully saturated rings. The van der Waals surface area contributed by atoms with Crippen LogP contribution in [0.1, 0.15) is 27.8 Å². The number of carbonyl (C=O) groups is 1. The van der Waals surface area contributed by atoms with Crippen molar-refractivity contribution < 1.29 is 14.6 Å². The molecule has 0 saturated heterocycles. The average Bonchev–Trinajstić information content (AvgIpc) is 3.16.